The van der Waals surface area contributed by atoms with Gasteiger partial charge in [0.2, 0.25) is 5.91 Å². The molecule has 2 aromatic carbocycles. The Hall–Kier alpha value is -3.54. The number of nitrogens with zero attached hydrogens (tertiary/aromatic N) is 1. The maximum absolute atomic E-state index is 12.7. The number of rotatable bonds is 9. The number of guanidine groups is 1. The first kappa shape index (κ1) is 29.4. The molecule has 40 heavy (non-hydrogen) atoms. The number of hydrogen-bond donors (Lipinski definition) is 5. The van der Waals surface area contributed by atoms with Crippen LogP contribution >= 0.6 is 23.2 Å². The van der Waals surface area contributed by atoms with Gasteiger partial charge in [-0.2, -0.15) is 0 Å². The van der Waals surface area contributed by atoms with E-state index in [-0.39, 0.29) is 52.7 Å². The number of carbonyl (C=O) groups is 3. The highest BCUT2D eigenvalue weighted by Crippen LogP contribution is 2.34. The van der Waals surface area contributed by atoms with Crippen molar-refractivity contribution in [1.82, 2.24) is 21.3 Å². The number of benzene rings is 2. The lowest BCUT2D eigenvalue weighted by atomic mass is 9.99. The summed E-state index contributed by atoms with van der Waals surface area (Å²) in [5.74, 6) is -0.305. The summed E-state index contributed by atoms with van der Waals surface area (Å²) in [6.07, 6.45) is 0.663. The topological polar surface area (TPSA) is 142 Å². The first-order valence-corrected chi connectivity index (χ1v) is 13.6. The minimum atomic E-state index is -1.15. The van der Waals surface area contributed by atoms with E-state index in [4.69, 9.17) is 32.7 Å². The molecule has 0 saturated heterocycles. The van der Waals surface area contributed by atoms with Gasteiger partial charge >= 0.3 is 5.97 Å². The van der Waals surface area contributed by atoms with E-state index in [9.17, 15) is 14.4 Å². The molecule has 0 aromatic heterocycles. The molecule has 2 aromatic rings. The molecule has 0 spiro atoms. The van der Waals surface area contributed by atoms with Crippen molar-refractivity contribution in [1.29, 1.82) is 0 Å². The van der Waals surface area contributed by atoms with Crippen molar-refractivity contribution in [3.63, 3.8) is 0 Å². The van der Waals surface area contributed by atoms with Crippen LogP contribution in [0.15, 0.2) is 41.4 Å². The van der Waals surface area contributed by atoms with E-state index in [1.807, 2.05) is 25.1 Å². The summed E-state index contributed by atoms with van der Waals surface area (Å²) in [5, 5.41) is 15.3. The summed E-state index contributed by atoms with van der Waals surface area (Å²) in [6, 6.07) is 9.55. The lowest BCUT2D eigenvalue weighted by Gasteiger charge is -2.27. The normalized spacial score (nSPS) is 20.2. The lowest BCUT2D eigenvalue weighted by Crippen LogP contribution is -2.50. The Labute approximate surface area is 242 Å². The van der Waals surface area contributed by atoms with Gasteiger partial charge in [-0.25, -0.2) is 9.79 Å². The van der Waals surface area contributed by atoms with Gasteiger partial charge in [-0.15, -0.1) is 0 Å². The second-order valence-electron chi connectivity index (χ2n) is 9.55. The second-order valence-corrected chi connectivity index (χ2v) is 10.4. The van der Waals surface area contributed by atoms with E-state index in [2.05, 4.69) is 38.5 Å². The van der Waals surface area contributed by atoms with Crippen LogP contribution in [0.3, 0.4) is 0 Å². The largest absolute Gasteiger partial charge is 0.493 e. The number of nitrogens with one attached hydrogen (secondary N) is 5. The van der Waals surface area contributed by atoms with E-state index in [0.717, 1.165) is 17.0 Å². The second kappa shape index (κ2) is 13.2. The number of methoxy groups -OCH3 is 1. The molecule has 2 aliphatic rings. The maximum Gasteiger partial charge on any atom is 0.330 e. The zero-order valence-electron chi connectivity index (χ0n) is 22.3. The highest BCUT2D eigenvalue weighted by atomic mass is 35.5. The van der Waals surface area contributed by atoms with Crippen molar-refractivity contribution in [2.24, 2.45) is 4.99 Å². The van der Waals surface area contributed by atoms with Crippen LogP contribution in [0.2, 0.25) is 10.0 Å². The molecule has 2 amide bonds. The number of amides is 2. The van der Waals surface area contributed by atoms with Gasteiger partial charge in [-0.05, 0) is 44.2 Å². The molecular formula is C27H32Cl2N6O5. The zero-order valence-corrected chi connectivity index (χ0v) is 23.9. The van der Waals surface area contributed by atoms with E-state index in [1.165, 1.54) is 19.2 Å². The fourth-order valence-corrected chi connectivity index (χ4v) is 4.92. The highest BCUT2D eigenvalue weighted by Gasteiger charge is 2.27. The molecule has 0 bridgehead atoms. The van der Waals surface area contributed by atoms with Gasteiger partial charge in [-0.1, -0.05) is 29.3 Å². The average Bonchev–Trinajstić information content (AvgIpc) is 3.25. The SMILES string of the molecule is COC(=O)[C@H](CNC(=O)CNC1CCOc2ccc(NC3=N[C@H](C)[C@H](C)N3)cc21)NC(=O)c1c(Cl)cccc1Cl. The monoisotopic (exact) mass is 590 g/mol. The number of halogens is 2. The average molecular weight is 591 g/mol. The molecular weight excluding hydrogens is 559 g/mol. The maximum atomic E-state index is 12.7. The Morgan fingerprint density at radius 3 is 2.60 bits per heavy atom. The third kappa shape index (κ3) is 7.15. The molecule has 0 saturated carbocycles. The summed E-state index contributed by atoms with van der Waals surface area (Å²) in [5.41, 5.74) is 1.79. The fourth-order valence-electron chi connectivity index (χ4n) is 4.35. The van der Waals surface area contributed by atoms with Gasteiger partial charge < -0.3 is 36.1 Å². The Morgan fingerprint density at radius 2 is 1.93 bits per heavy atom. The third-order valence-electron chi connectivity index (χ3n) is 6.73. The van der Waals surface area contributed by atoms with Crippen molar-refractivity contribution in [3.05, 3.63) is 57.6 Å². The Kier molecular flexibility index (Phi) is 9.72. The van der Waals surface area contributed by atoms with E-state index in [0.29, 0.717) is 19.0 Å². The van der Waals surface area contributed by atoms with Crippen molar-refractivity contribution >= 4 is 52.6 Å². The molecule has 1 unspecified atom stereocenters. The Morgan fingerprint density at radius 1 is 1.18 bits per heavy atom. The fraction of sp³-hybridized carbons (Fsp3) is 0.407. The number of hydrogen-bond acceptors (Lipinski definition) is 9. The van der Waals surface area contributed by atoms with Crippen LogP contribution in [0.1, 0.15) is 42.2 Å². The van der Waals surface area contributed by atoms with Crippen molar-refractivity contribution in [3.8, 4) is 5.75 Å². The molecule has 2 aliphatic heterocycles. The number of ether oxygens (including phenoxy) is 2. The van der Waals surface area contributed by atoms with Gasteiger partial charge in [0.25, 0.3) is 5.91 Å². The third-order valence-corrected chi connectivity index (χ3v) is 7.36. The van der Waals surface area contributed by atoms with E-state index >= 15 is 0 Å². The number of anilines is 1. The quantitative estimate of drug-likeness (QED) is 0.281. The minimum absolute atomic E-state index is 0.0246. The molecule has 11 nitrogen and oxygen atoms in total. The molecule has 4 rings (SSSR count). The Balaban J connectivity index is 1.34. The first-order chi connectivity index (χ1) is 19.2. The predicted molar refractivity (Wildman–Crippen MR) is 153 cm³/mol. The number of fused-ring (bicyclic) bond motifs is 1. The molecule has 214 valence electrons. The first-order valence-electron chi connectivity index (χ1n) is 12.9. The highest BCUT2D eigenvalue weighted by molar-refractivity contribution is 6.39. The van der Waals surface area contributed by atoms with Gasteiger partial charge in [-0.3, -0.25) is 9.59 Å². The zero-order chi connectivity index (χ0) is 28.8. The summed E-state index contributed by atoms with van der Waals surface area (Å²) < 4.78 is 10.6. The van der Waals surface area contributed by atoms with Crippen LogP contribution in [0.5, 0.6) is 5.75 Å². The molecule has 4 atom stereocenters. The van der Waals surface area contributed by atoms with Crippen LogP contribution < -0.4 is 31.3 Å². The lowest BCUT2D eigenvalue weighted by molar-refractivity contribution is -0.142. The van der Waals surface area contributed by atoms with Gasteiger partial charge in [0.1, 0.15) is 11.8 Å². The smallest absolute Gasteiger partial charge is 0.330 e. The van der Waals surface area contributed by atoms with Crippen molar-refractivity contribution in [2.75, 3.05) is 32.1 Å². The summed E-state index contributed by atoms with van der Waals surface area (Å²) in [6.45, 7) is 4.41. The molecule has 0 aliphatic carbocycles. The standard InChI is InChI=1S/C27H32Cl2N6O5/c1-14-15(2)33-27(32-14)34-16-7-8-22-17(11-16)20(9-10-40-22)30-13-23(36)31-12-21(26(38)39-3)35-25(37)24-18(28)5-4-6-19(24)29/h4-8,11,14-15,20-21,30H,9-10,12-13H2,1-3H3,(H,31,36)(H,35,37)(H2,32,33,34)/t14-,15+,20?,21-/m0/s1. The van der Waals surface area contributed by atoms with E-state index in [1.54, 1.807) is 6.07 Å². The summed E-state index contributed by atoms with van der Waals surface area (Å²) >= 11 is 12.2. The van der Waals surface area contributed by atoms with Crippen LogP contribution in [0.25, 0.3) is 0 Å². The van der Waals surface area contributed by atoms with Gasteiger partial charge in [0, 0.05) is 36.3 Å². The molecule has 5 N–H and O–H groups in total. The van der Waals surface area contributed by atoms with Crippen LogP contribution in [0.4, 0.5) is 5.69 Å². The van der Waals surface area contributed by atoms with Crippen LogP contribution in [-0.4, -0.2) is 68.7 Å². The predicted octanol–water partition coefficient (Wildman–Crippen LogP) is 2.64. The Bertz CT molecular complexity index is 1290. The number of esters is 1. The van der Waals surface area contributed by atoms with Gasteiger partial charge in [0.05, 0.1) is 41.9 Å². The summed E-state index contributed by atoms with van der Waals surface area (Å²) in [4.78, 5) is 42.3. The number of aliphatic imine (C=N–C) groups is 1. The number of carbonyl (C=O) groups excluding carboxylic acids is 3. The van der Waals surface area contributed by atoms with Crippen LogP contribution in [0, 0.1) is 0 Å². The van der Waals surface area contributed by atoms with Crippen molar-refractivity contribution in [2.45, 2.75) is 44.4 Å². The molecule has 0 fully saturated rings. The van der Waals surface area contributed by atoms with Gasteiger partial charge in [0.15, 0.2) is 5.96 Å². The van der Waals surface area contributed by atoms with Crippen molar-refractivity contribution < 1.29 is 23.9 Å². The van der Waals surface area contributed by atoms with E-state index < -0.39 is 17.9 Å². The molecule has 2 heterocycles. The molecule has 0 radical (unpaired) electrons. The summed E-state index contributed by atoms with van der Waals surface area (Å²) in [7, 11) is 1.19. The van der Waals surface area contributed by atoms with Crippen LogP contribution in [-0.2, 0) is 14.3 Å². The molecule has 13 heteroatoms. The minimum Gasteiger partial charge on any atom is -0.493 e.